The minimum atomic E-state index is -0.282. The number of nitrogens with zero attached hydrogens (tertiary/aromatic N) is 5. The summed E-state index contributed by atoms with van der Waals surface area (Å²) in [5.74, 6) is 0.720. The number of aromatic nitrogens is 3. The Kier molecular flexibility index (Phi) is 5.38. The van der Waals surface area contributed by atoms with Crippen LogP contribution in [0.15, 0.2) is 53.5 Å². The third-order valence-electron chi connectivity index (χ3n) is 5.32. The zero-order valence-electron chi connectivity index (χ0n) is 16.0. The lowest BCUT2D eigenvalue weighted by Gasteiger charge is -2.40. The molecule has 1 unspecified atom stereocenters. The molecule has 2 aromatic heterocycles. The van der Waals surface area contributed by atoms with Crippen molar-refractivity contribution in [1.29, 1.82) is 5.26 Å². The van der Waals surface area contributed by atoms with Gasteiger partial charge < -0.3 is 4.90 Å². The lowest BCUT2D eigenvalue weighted by Crippen LogP contribution is -2.48. The smallest absolute Gasteiger partial charge is 0.283 e. The van der Waals surface area contributed by atoms with Gasteiger partial charge in [-0.1, -0.05) is 41.9 Å². The Bertz CT molecular complexity index is 1090. The van der Waals surface area contributed by atoms with E-state index in [9.17, 15) is 10.1 Å². The van der Waals surface area contributed by atoms with E-state index in [1.807, 2.05) is 25.2 Å². The summed E-state index contributed by atoms with van der Waals surface area (Å²) in [5, 5.41) is 12.4. The van der Waals surface area contributed by atoms with Gasteiger partial charge in [-0.25, -0.2) is 4.98 Å². The van der Waals surface area contributed by atoms with Crippen molar-refractivity contribution in [3.8, 4) is 6.07 Å². The molecule has 0 bridgehead atoms. The third kappa shape index (κ3) is 3.65. The summed E-state index contributed by atoms with van der Waals surface area (Å²) in [7, 11) is 1.81. The van der Waals surface area contributed by atoms with Crippen LogP contribution in [0.3, 0.4) is 0 Å². The number of piperazine rings is 1. The molecule has 7 nitrogen and oxygen atoms in total. The quantitative estimate of drug-likeness (QED) is 0.717. The largest absolute Gasteiger partial charge is 0.353 e. The van der Waals surface area contributed by atoms with Crippen molar-refractivity contribution >= 4 is 17.4 Å². The summed E-state index contributed by atoms with van der Waals surface area (Å²) in [5.41, 5.74) is 2.13. The molecular formula is C21H21ClN6O. The Morgan fingerprint density at radius 1 is 1.14 bits per heavy atom. The molecule has 0 amide bonds. The minimum Gasteiger partial charge on any atom is -0.353 e. The maximum atomic E-state index is 12.1. The average molecular weight is 409 g/mol. The van der Waals surface area contributed by atoms with Crippen molar-refractivity contribution in [2.75, 3.05) is 31.1 Å². The van der Waals surface area contributed by atoms with Crippen molar-refractivity contribution < 1.29 is 0 Å². The Hall–Kier alpha value is -3.08. The topological polar surface area (TPSA) is 81.0 Å². The molecule has 1 atom stereocenters. The molecule has 148 valence electrons. The molecule has 0 spiro atoms. The van der Waals surface area contributed by atoms with Crippen LogP contribution in [0.2, 0.25) is 5.02 Å². The van der Waals surface area contributed by atoms with Crippen LogP contribution in [0.5, 0.6) is 0 Å². The van der Waals surface area contributed by atoms with Crippen LogP contribution in [0.25, 0.3) is 0 Å². The number of nitrogens with one attached hydrogen (secondary N) is 1. The number of anilines is 1. The summed E-state index contributed by atoms with van der Waals surface area (Å²) in [6.07, 6.45) is 1.71. The zero-order chi connectivity index (χ0) is 20.4. The first-order valence-corrected chi connectivity index (χ1v) is 9.81. The van der Waals surface area contributed by atoms with Gasteiger partial charge in [0.1, 0.15) is 16.9 Å². The van der Waals surface area contributed by atoms with E-state index >= 15 is 0 Å². The maximum absolute atomic E-state index is 12.1. The average Bonchev–Trinajstić information content (AvgIpc) is 3.01. The van der Waals surface area contributed by atoms with E-state index in [0.29, 0.717) is 5.56 Å². The molecule has 4 rings (SSSR count). The van der Waals surface area contributed by atoms with Crippen molar-refractivity contribution in [2.24, 2.45) is 7.05 Å². The van der Waals surface area contributed by atoms with Crippen molar-refractivity contribution in [3.05, 3.63) is 80.9 Å². The van der Waals surface area contributed by atoms with Crippen molar-refractivity contribution in [3.63, 3.8) is 0 Å². The minimum absolute atomic E-state index is 0.144. The van der Waals surface area contributed by atoms with Crippen LogP contribution in [0, 0.1) is 11.3 Å². The highest BCUT2D eigenvalue weighted by Gasteiger charge is 2.31. The summed E-state index contributed by atoms with van der Waals surface area (Å²) in [6, 6.07) is 15.7. The van der Waals surface area contributed by atoms with Gasteiger partial charge in [0, 0.05) is 39.4 Å². The van der Waals surface area contributed by atoms with Crippen LogP contribution in [0.4, 0.5) is 5.82 Å². The first kappa shape index (κ1) is 19.2. The Balaban J connectivity index is 1.64. The van der Waals surface area contributed by atoms with Crippen LogP contribution in [-0.4, -0.2) is 45.8 Å². The van der Waals surface area contributed by atoms with Gasteiger partial charge in [-0.2, -0.15) is 5.26 Å². The number of aryl methyl sites for hydroxylation is 1. The first-order valence-electron chi connectivity index (χ1n) is 9.43. The number of nitriles is 1. The van der Waals surface area contributed by atoms with Gasteiger partial charge in [-0.3, -0.25) is 19.5 Å². The van der Waals surface area contributed by atoms with Crippen LogP contribution >= 0.6 is 11.6 Å². The zero-order valence-corrected chi connectivity index (χ0v) is 16.8. The number of pyridine rings is 1. The summed E-state index contributed by atoms with van der Waals surface area (Å²) in [4.78, 5) is 21.0. The SMILES string of the molecule is Cn1[nH]c(=O)c(Cl)c1C(c1ccccc1)N1CCN(c2ncccc2C#N)CC1. The van der Waals surface area contributed by atoms with Crippen LogP contribution < -0.4 is 10.5 Å². The van der Waals surface area contributed by atoms with Gasteiger partial charge in [-0.05, 0) is 17.7 Å². The second kappa shape index (κ2) is 8.11. The normalized spacial score (nSPS) is 15.8. The lowest BCUT2D eigenvalue weighted by molar-refractivity contribution is 0.205. The van der Waals surface area contributed by atoms with Crippen molar-refractivity contribution in [1.82, 2.24) is 19.7 Å². The molecule has 1 aliphatic heterocycles. The molecule has 1 N–H and O–H groups in total. The predicted octanol–water partition coefficient (Wildman–Crippen LogP) is 2.55. The molecule has 0 radical (unpaired) electrons. The van der Waals surface area contributed by atoms with E-state index in [1.54, 1.807) is 23.0 Å². The fraction of sp³-hybridized carbons (Fsp3) is 0.286. The summed E-state index contributed by atoms with van der Waals surface area (Å²) < 4.78 is 1.71. The van der Waals surface area contributed by atoms with Gasteiger partial charge >= 0.3 is 0 Å². The maximum Gasteiger partial charge on any atom is 0.283 e. The monoisotopic (exact) mass is 408 g/mol. The second-order valence-electron chi connectivity index (χ2n) is 7.02. The molecule has 29 heavy (non-hydrogen) atoms. The van der Waals surface area contributed by atoms with Crippen LogP contribution in [-0.2, 0) is 7.05 Å². The number of hydrogen-bond donors (Lipinski definition) is 1. The number of aromatic amines is 1. The number of H-pyrrole nitrogens is 1. The molecule has 1 aliphatic rings. The lowest BCUT2D eigenvalue weighted by atomic mass is 10.0. The highest BCUT2D eigenvalue weighted by molar-refractivity contribution is 6.31. The van der Waals surface area contributed by atoms with Gasteiger partial charge in [0.05, 0.1) is 17.3 Å². The Morgan fingerprint density at radius 3 is 2.48 bits per heavy atom. The number of benzene rings is 1. The Morgan fingerprint density at radius 2 is 1.86 bits per heavy atom. The van der Waals surface area contributed by atoms with Crippen molar-refractivity contribution in [2.45, 2.75) is 6.04 Å². The standard InChI is InChI=1S/C21H21ClN6O/c1-26-19(17(22)21(29)25-26)18(15-6-3-2-4-7-15)27-10-12-28(13-11-27)20-16(14-23)8-5-9-24-20/h2-9,18H,10-13H2,1H3,(H,25,29). The summed E-state index contributed by atoms with van der Waals surface area (Å²) in [6.45, 7) is 2.95. The van der Waals surface area contributed by atoms with Gasteiger partial charge in [0.25, 0.3) is 5.56 Å². The molecule has 0 aliphatic carbocycles. The molecule has 1 aromatic carbocycles. The Labute approximate surface area is 173 Å². The second-order valence-corrected chi connectivity index (χ2v) is 7.40. The molecule has 3 aromatic rings. The highest BCUT2D eigenvalue weighted by atomic mass is 35.5. The van der Waals surface area contributed by atoms with Gasteiger partial charge in [0.2, 0.25) is 0 Å². The van der Waals surface area contributed by atoms with E-state index in [-0.39, 0.29) is 16.6 Å². The van der Waals surface area contributed by atoms with Crippen LogP contribution in [0.1, 0.15) is 22.9 Å². The molecule has 0 saturated carbocycles. The predicted molar refractivity (Wildman–Crippen MR) is 112 cm³/mol. The van der Waals surface area contributed by atoms with Gasteiger partial charge in [-0.15, -0.1) is 0 Å². The van der Waals surface area contributed by atoms with E-state index < -0.39 is 0 Å². The van der Waals surface area contributed by atoms with E-state index in [2.05, 4.69) is 38.1 Å². The molecule has 8 heteroatoms. The number of rotatable bonds is 4. The third-order valence-corrected chi connectivity index (χ3v) is 5.68. The molecular weight excluding hydrogens is 388 g/mol. The number of hydrogen-bond acceptors (Lipinski definition) is 5. The first-order chi connectivity index (χ1) is 14.1. The molecule has 1 fully saturated rings. The fourth-order valence-electron chi connectivity index (χ4n) is 3.93. The van der Waals surface area contributed by atoms with E-state index in [4.69, 9.17) is 11.6 Å². The molecule has 1 saturated heterocycles. The number of halogens is 1. The molecule has 3 heterocycles. The van der Waals surface area contributed by atoms with E-state index in [1.165, 1.54) is 0 Å². The van der Waals surface area contributed by atoms with Gasteiger partial charge in [0.15, 0.2) is 0 Å². The fourth-order valence-corrected chi connectivity index (χ4v) is 4.21. The van der Waals surface area contributed by atoms with E-state index in [0.717, 1.165) is 43.3 Å². The highest BCUT2D eigenvalue weighted by Crippen LogP contribution is 2.32. The summed E-state index contributed by atoms with van der Waals surface area (Å²) >= 11 is 6.39.